The second-order valence-electron chi connectivity index (χ2n) is 6.26. The fourth-order valence-corrected chi connectivity index (χ4v) is 4.70. The molecule has 1 aromatic rings. The molecule has 1 N–H and O–H groups in total. The molecule has 2 nitrogen and oxygen atoms in total. The van der Waals surface area contributed by atoms with E-state index in [1.807, 2.05) is 0 Å². The predicted octanol–water partition coefficient (Wildman–Crippen LogP) is 2.41. The minimum Gasteiger partial charge on any atom is -0.373 e. The van der Waals surface area contributed by atoms with Gasteiger partial charge < -0.3 is 10.1 Å². The van der Waals surface area contributed by atoms with E-state index in [0.29, 0.717) is 6.04 Å². The topological polar surface area (TPSA) is 21.3 Å². The summed E-state index contributed by atoms with van der Waals surface area (Å²) in [5.41, 5.74) is 3.37. The average molecular weight is 243 g/mol. The Hall–Kier alpha value is -0.860. The van der Waals surface area contributed by atoms with Crippen LogP contribution >= 0.6 is 0 Å². The van der Waals surface area contributed by atoms with E-state index in [1.54, 1.807) is 5.56 Å². The van der Waals surface area contributed by atoms with Gasteiger partial charge in [0.25, 0.3) is 0 Å². The van der Waals surface area contributed by atoms with Crippen LogP contribution in [-0.2, 0) is 16.6 Å². The Labute approximate surface area is 109 Å². The Morgan fingerprint density at radius 2 is 2.17 bits per heavy atom. The van der Waals surface area contributed by atoms with Gasteiger partial charge in [0.1, 0.15) is 0 Å². The van der Waals surface area contributed by atoms with Crippen LogP contribution in [0.15, 0.2) is 24.3 Å². The summed E-state index contributed by atoms with van der Waals surface area (Å²) in [6.45, 7) is 4.41. The van der Waals surface area contributed by atoms with Crippen LogP contribution in [0.3, 0.4) is 0 Å². The average Bonchev–Trinajstić information content (AvgIpc) is 2.38. The first kappa shape index (κ1) is 11.0. The molecule has 2 heteroatoms. The van der Waals surface area contributed by atoms with Crippen molar-refractivity contribution in [1.82, 2.24) is 5.32 Å². The van der Waals surface area contributed by atoms with Gasteiger partial charge in [-0.1, -0.05) is 24.3 Å². The van der Waals surface area contributed by atoms with Crippen molar-refractivity contribution in [3.8, 4) is 0 Å². The Kier molecular flexibility index (Phi) is 2.19. The number of ether oxygens (including phenoxy) is 1. The summed E-state index contributed by atoms with van der Waals surface area (Å²) < 4.78 is 6.32. The van der Waals surface area contributed by atoms with E-state index in [9.17, 15) is 0 Å². The number of nitrogens with one attached hydrogen (secondary N) is 1. The molecule has 2 saturated heterocycles. The lowest BCUT2D eigenvalue weighted by Gasteiger charge is -2.61. The van der Waals surface area contributed by atoms with Gasteiger partial charge in [0.05, 0.1) is 5.60 Å². The van der Waals surface area contributed by atoms with E-state index in [2.05, 4.69) is 36.5 Å². The highest BCUT2D eigenvalue weighted by Crippen LogP contribution is 2.55. The van der Waals surface area contributed by atoms with Gasteiger partial charge in [0, 0.05) is 18.1 Å². The van der Waals surface area contributed by atoms with Gasteiger partial charge in [0.2, 0.25) is 0 Å². The molecular weight excluding hydrogens is 222 g/mol. The van der Waals surface area contributed by atoms with Gasteiger partial charge in [0.15, 0.2) is 0 Å². The van der Waals surface area contributed by atoms with Crippen LogP contribution in [0.25, 0.3) is 0 Å². The number of hydrogen-bond donors (Lipinski definition) is 1. The molecule has 2 bridgehead atoms. The Bertz CT molecular complexity index is 482. The maximum absolute atomic E-state index is 6.32. The van der Waals surface area contributed by atoms with E-state index in [1.165, 1.54) is 24.8 Å². The number of hydrogen-bond acceptors (Lipinski definition) is 2. The third-order valence-corrected chi connectivity index (χ3v) is 5.66. The van der Waals surface area contributed by atoms with Gasteiger partial charge in [-0.25, -0.2) is 0 Å². The highest BCUT2D eigenvalue weighted by atomic mass is 16.5. The third-order valence-electron chi connectivity index (χ3n) is 5.66. The van der Waals surface area contributed by atoms with Crippen molar-refractivity contribution < 1.29 is 4.74 Å². The van der Waals surface area contributed by atoms with Crippen LogP contribution in [0, 0.1) is 0 Å². The van der Waals surface area contributed by atoms with Crippen molar-refractivity contribution in [2.75, 3.05) is 13.2 Å². The molecule has 0 unspecified atom stereocenters. The van der Waals surface area contributed by atoms with Crippen molar-refractivity contribution >= 4 is 0 Å². The molecule has 4 rings (SSSR count). The van der Waals surface area contributed by atoms with Crippen molar-refractivity contribution in [2.45, 2.75) is 49.7 Å². The Balaban J connectivity index is 1.96. The number of rotatable bonds is 0. The predicted molar refractivity (Wildman–Crippen MR) is 71.8 cm³/mol. The zero-order valence-corrected chi connectivity index (χ0v) is 11.0. The second-order valence-corrected chi connectivity index (χ2v) is 6.26. The molecule has 1 aromatic carbocycles. The van der Waals surface area contributed by atoms with E-state index in [4.69, 9.17) is 4.74 Å². The van der Waals surface area contributed by atoms with Gasteiger partial charge in [-0.05, 0) is 50.3 Å². The lowest BCUT2D eigenvalue weighted by Crippen LogP contribution is -2.71. The summed E-state index contributed by atoms with van der Waals surface area (Å²) in [5.74, 6) is 0. The highest BCUT2D eigenvalue weighted by molar-refractivity contribution is 5.44. The first-order valence-corrected chi connectivity index (χ1v) is 7.22. The number of fused-ring (bicyclic) bond motifs is 1. The molecule has 2 heterocycles. The van der Waals surface area contributed by atoms with Crippen LogP contribution in [-0.4, -0.2) is 24.8 Å². The van der Waals surface area contributed by atoms with Gasteiger partial charge in [-0.3, -0.25) is 0 Å². The normalized spacial score (nSPS) is 41.9. The molecular formula is C16H21NO. The second kappa shape index (κ2) is 3.58. The molecule has 2 fully saturated rings. The fraction of sp³-hybridized carbons (Fsp3) is 0.625. The van der Waals surface area contributed by atoms with Crippen molar-refractivity contribution in [2.24, 2.45) is 0 Å². The van der Waals surface area contributed by atoms with Gasteiger partial charge in [-0.2, -0.15) is 0 Å². The van der Waals surface area contributed by atoms with Crippen molar-refractivity contribution in [3.63, 3.8) is 0 Å². The van der Waals surface area contributed by atoms with Crippen LogP contribution in [0.2, 0.25) is 0 Å². The van der Waals surface area contributed by atoms with E-state index >= 15 is 0 Å². The molecule has 3 atom stereocenters. The SMILES string of the molecule is C[C@@]12OCCC[C@@]13CCN[C@@H]2Cc1ccccc13. The highest BCUT2D eigenvalue weighted by Gasteiger charge is 2.60. The molecule has 96 valence electrons. The van der Waals surface area contributed by atoms with E-state index in [-0.39, 0.29) is 11.0 Å². The fourth-order valence-electron chi connectivity index (χ4n) is 4.70. The third kappa shape index (κ3) is 1.16. The molecule has 3 aliphatic rings. The number of piperidine rings is 1. The minimum absolute atomic E-state index is 0.00213. The van der Waals surface area contributed by atoms with Crippen LogP contribution < -0.4 is 5.32 Å². The minimum atomic E-state index is -0.00213. The van der Waals surface area contributed by atoms with Gasteiger partial charge in [-0.15, -0.1) is 0 Å². The first-order chi connectivity index (χ1) is 8.76. The summed E-state index contributed by atoms with van der Waals surface area (Å²) in [7, 11) is 0. The summed E-state index contributed by atoms with van der Waals surface area (Å²) in [4.78, 5) is 0. The van der Waals surface area contributed by atoms with E-state index in [0.717, 1.165) is 19.6 Å². The largest absolute Gasteiger partial charge is 0.373 e. The smallest absolute Gasteiger partial charge is 0.0906 e. The quantitative estimate of drug-likeness (QED) is 0.755. The summed E-state index contributed by atoms with van der Waals surface area (Å²) in [5, 5.41) is 3.70. The molecule has 0 radical (unpaired) electrons. The number of benzene rings is 1. The Morgan fingerprint density at radius 3 is 3.11 bits per heavy atom. The zero-order valence-electron chi connectivity index (χ0n) is 11.0. The van der Waals surface area contributed by atoms with Gasteiger partial charge >= 0.3 is 0 Å². The van der Waals surface area contributed by atoms with Crippen molar-refractivity contribution in [3.05, 3.63) is 35.4 Å². The monoisotopic (exact) mass is 243 g/mol. The van der Waals surface area contributed by atoms with Crippen molar-refractivity contribution in [1.29, 1.82) is 0 Å². The summed E-state index contributed by atoms with van der Waals surface area (Å²) >= 11 is 0. The lowest BCUT2D eigenvalue weighted by molar-refractivity contribution is -0.165. The maximum atomic E-state index is 6.32. The molecule has 1 aliphatic carbocycles. The van der Waals surface area contributed by atoms with Crippen LogP contribution in [0.1, 0.15) is 37.3 Å². The van der Waals surface area contributed by atoms with Crippen LogP contribution in [0.4, 0.5) is 0 Å². The molecule has 0 saturated carbocycles. The Morgan fingerprint density at radius 1 is 1.28 bits per heavy atom. The molecule has 0 amide bonds. The summed E-state index contributed by atoms with van der Waals surface area (Å²) in [6, 6.07) is 9.53. The summed E-state index contributed by atoms with van der Waals surface area (Å²) in [6.07, 6.45) is 4.83. The maximum Gasteiger partial charge on any atom is 0.0906 e. The van der Waals surface area contributed by atoms with E-state index < -0.39 is 0 Å². The first-order valence-electron chi connectivity index (χ1n) is 7.22. The zero-order chi connectivity index (χ0) is 12.2. The molecule has 2 aliphatic heterocycles. The van der Waals surface area contributed by atoms with Crippen LogP contribution in [0.5, 0.6) is 0 Å². The molecule has 0 aromatic heterocycles. The molecule has 0 spiro atoms. The standard InChI is InChI=1S/C16H21NO/c1-15-14-11-12-5-2-3-6-13(12)16(15,8-9-17-14)7-4-10-18-15/h2-3,5-6,14,17H,4,7-11H2,1H3/t14-,15+,16+/m1/s1. The lowest BCUT2D eigenvalue weighted by atomic mass is 9.53. The molecule has 18 heavy (non-hydrogen) atoms.